The predicted octanol–water partition coefficient (Wildman–Crippen LogP) is 3.00. The largest absolute Gasteiger partial charge is 0.417 e. The zero-order valence-corrected chi connectivity index (χ0v) is 16.9. The zero-order valence-electron chi connectivity index (χ0n) is 16.1. The fourth-order valence-corrected chi connectivity index (χ4v) is 4.10. The van der Waals surface area contributed by atoms with Crippen LogP contribution in [0.3, 0.4) is 0 Å². The number of amides is 3. The maximum atomic E-state index is 12.8. The molecule has 3 amide bonds. The molecule has 0 spiro atoms. The van der Waals surface area contributed by atoms with Gasteiger partial charge in [0.1, 0.15) is 5.82 Å². The van der Waals surface area contributed by atoms with Crippen LogP contribution in [-0.4, -0.2) is 48.0 Å². The van der Waals surface area contributed by atoms with Crippen molar-refractivity contribution < 1.29 is 22.8 Å². The van der Waals surface area contributed by atoms with E-state index in [2.05, 4.69) is 10.3 Å². The average Bonchev–Trinajstić information content (AvgIpc) is 3.11. The Labute approximate surface area is 175 Å². The smallest absolute Gasteiger partial charge is 0.355 e. The molecule has 3 N–H and O–H groups in total. The molecule has 3 heterocycles. The number of halogens is 3. The molecule has 162 valence electrons. The molecule has 0 bridgehead atoms. The number of pyridine rings is 1. The Kier molecular flexibility index (Phi) is 6.80. The molecule has 1 unspecified atom stereocenters. The number of carbonyl (C=O) groups is 2. The number of nitrogens with two attached hydrogens (primary N) is 1. The van der Waals surface area contributed by atoms with Gasteiger partial charge in [-0.2, -0.15) is 13.2 Å². The molecule has 2 aromatic rings. The van der Waals surface area contributed by atoms with Gasteiger partial charge in [-0.05, 0) is 30.0 Å². The van der Waals surface area contributed by atoms with Gasteiger partial charge in [-0.3, -0.25) is 4.79 Å². The van der Waals surface area contributed by atoms with Gasteiger partial charge in [0.05, 0.1) is 18.0 Å². The zero-order chi connectivity index (χ0) is 21.7. The van der Waals surface area contributed by atoms with Crippen LogP contribution in [0, 0.1) is 0 Å². The van der Waals surface area contributed by atoms with Gasteiger partial charge in [0.2, 0.25) is 5.91 Å². The molecule has 1 aliphatic heterocycles. The molecule has 11 heteroatoms. The van der Waals surface area contributed by atoms with Crippen molar-refractivity contribution in [2.24, 2.45) is 5.73 Å². The second-order valence-electron chi connectivity index (χ2n) is 6.90. The van der Waals surface area contributed by atoms with E-state index >= 15 is 0 Å². The van der Waals surface area contributed by atoms with Gasteiger partial charge in [0.15, 0.2) is 0 Å². The first kappa shape index (κ1) is 21.9. The van der Waals surface area contributed by atoms with E-state index in [0.29, 0.717) is 38.4 Å². The highest BCUT2D eigenvalue weighted by Gasteiger charge is 2.31. The quantitative estimate of drug-likeness (QED) is 0.746. The topological polar surface area (TPSA) is 91.6 Å². The van der Waals surface area contributed by atoms with E-state index in [1.165, 1.54) is 17.4 Å². The number of carbonyl (C=O) groups excluding carboxylic acids is 2. The monoisotopic (exact) mass is 441 g/mol. The Hall–Kier alpha value is -2.82. The Morgan fingerprint density at radius 3 is 2.60 bits per heavy atom. The molecule has 1 aliphatic rings. The molecule has 0 radical (unpaired) electrons. The second-order valence-corrected chi connectivity index (χ2v) is 7.88. The van der Waals surface area contributed by atoms with Crippen molar-refractivity contribution in [1.82, 2.24) is 15.2 Å². The van der Waals surface area contributed by atoms with Gasteiger partial charge in [0, 0.05) is 37.3 Å². The number of aromatic nitrogens is 1. The lowest BCUT2D eigenvalue weighted by Gasteiger charge is -2.25. The third-order valence-corrected chi connectivity index (χ3v) is 5.82. The molecule has 30 heavy (non-hydrogen) atoms. The van der Waals surface area contributed by atoms with Crippen LogP contribution in [0.1, 0.15) is 29.3 Å². The van der Waals surface area contributed by atoms with Crippen molar-refractivity contribution in [1.29, 1.82) is 0 Å². The maximum Gasteiger partial charge on any atom is 0.417 e. The lowest BCUT2D eigenvalue weighted by molar-refractivity contribution is -0.137. The van der Waals surface area contributed by atoms with E-state index < -0.39 is 23.8 Å². The molecule has 0 aromatic carbocycles. The number of thiophene rings is 1. The number of nitrogens with one attached hydrogen (secondary N) is 1. The number of primary amides is 1. The van der Waals surface area contributed by atoms with Gasteiger partial charge < -0.3 is 20.9 Å². The van der Waals surface area contributed by atoms with Crippen LogP contribution in [0.25, 0.3) is 0 Å². The van der Waals surface area contributed by atoms with E-state index in [-0.39, 0.29) is 12.3 Å². The van der Waals surface area contributed by atoms with E-state index in [1.54, 1.807) is 4.90 Å². The van der Waals surface area contributed by atoms with Gasteiger partial charge in [-0.25, -0.2) is 9.78 Å². The Morgan fingerprint density at radius 2 is 2.00 bits per heavy atom. The first-order chi connectivity index (χ1) is 14.2. The van der Waals surface area contributed by atoms with Gasteiger partial charge in [0.25, 0.3) is 0 Å². The third kappa shape index (κ3) is 5.62. The first-order valence-electron chi connectivity index (χ1n) is 9.39. The summed E-state index contributed by atoms with van der Waals surface area (Å²) in [6.07, 6.45) is -2.86. The molecule has 7 nitrogen and oxygen atoms in total. The Bertz CT molecular complexity index is 858. The fraction of sp³-hybridized carbons (Fsp3) is 0.421. The molecule has 0 saturated carbocycles. The van der Waals surface area contributed by atoms with Crippen LogP contribution in [-0.2, 0) is 11.0 Å². The summed E-state index contributed by atoms with van der Waals surface area (Å²) in [6.45, 7) is 1.96. The summed E-state index contributed by atoms with van der Waals surface area (Å²) in [5.41, 5.74) is 4.45. The fourth-order valence-electron chi connectivity index (χ4n) is 3.32. The van der Waals surface area contributed by atoms with Crippen molar-refractivity contribution in [2.45, 2.75) is 25.1 Å². The summed E-state index contributed by atoms with van der Waals surface area (Å²) in [6, 6.07) is 4.84. The van der Waals surface area contributed by atoms with Crippen LogP contribution in [0.15, 0.2) is 35.8 Å². The number of hydrogen-bond donors (Lipinski definition) is 2. The maximum absolute atomic E-state index is 12.8. The summed E-state index contributed by atoms with van der Waals surface area (Å²) < 4.78 is 38.2. The molecular weight excluding hydrogens is 419 g/mol. The summed E-state index contributed by atoms with van der Waals surface area (Å²) in [7, 11) is 0. The number of urea groups is 1. The number of rotatable bonds is 5. The highest BCUT2D eigenvalue weighted by molar-refractivity contribution is 7.10. The summed E-state index contributed by atoms with van der Waals surface area (Å²) in [5, 5.41) is 4.47. The molecule has 3 rings (SSSR count). The van der Waals surface area contributed by atoms with Gasteiger partial charge >= 0.3 is 12.2 Å². The van der Waals surface area contributed by atoms with E-state index in [9.17, 15) is 22.8 Å². The van der Waals surface area contributed by atoms with E-state index in [0.717, 1.165) is 17.1 Å². The molecular formula is C19H22F3N5O2S. The molecule has 1 saturated heterocycles. The normalized spacial score (nSPS) is 16.1. The Balaban J connectivity index is 1.61. The minimum atomic E-state index is -4.43. The Morgan fingerprint density at radius 1 is 1.20 bits per heavy atom. The van der Waals surface area contributed by atoms with Gasteiger partial charge in [-0.15, -0.1) is 11.3 Å². The molecule has 0 aliphatic carbocycles. The molecule has 2 aromatic heterocycles. The number of anilines is 1. The van der Waals surface area contributed by atoms with Crippen LogP contribution >= 0.6 is 11.3 Å². The minimum absolute atomic E-state index is 0.0853. The summed E-state index contributed by atoms with van der Waals surface area (Å²) in [5.74, 6) is 0.327. The summed E-state index contributed by atoms with van der Waals surface area (Å²) in [4.78, 5) is 32.5. The number of alkyl halides is 3. The van der Waals surface area contributed by atoms with Crippen LogP contribution in [0.2, 0.25) is 0 Å². The number of hydrogen-bond acceptors (Lipinski definition) is 5. The first-order valence-corrected chi connectivity index (χ1v) is 10.3. The molecule has 1 atom stereocenters. The van der Waals surface area contributed by atoms with Crippen molar-refractivity contribution in [3.63, 3.8) is 0 Å². The van der Waals surface area contributed by atoms with Crippen LogP contribution in [0.5, 0.6) is 0 Å². The van der Waals surface area contributed by atoms with Crippen molar-refractivity contribution in [2.75, 3.05) is 31.1 Å². The summed E-state index contributed by atoms with van der Waals surface area (Å²) >= 11 is 1.43. The minimum Gasteiger partial charge on any atom is -0.355 e. The number of nitrogens with zero attached hydrogens (tertiary/aromatic N) is 3. The highest BCUT2D eigenvalue weighted by Crippen LogP contribution is 2.29. The standard InChI is InChI=1S/C19H22F3N5O2S/c20-19(21,22)13-4-5-16(24-12-13)26-6-2-7-27(9-8-26)17(28)11-14(25-18(23)29)15-3-1-10-30-15/h1,3-5,10,12,14H,2,6-9,11H2,(H3,23,25,29). The van der Waals surface area contributed by atoms with Crippen molar-refractivity contribution in [3.05, 3.63) is 46.3 Å². The third-order valence-electron chi connectivity index (χ3n) is 4.83. The van der Waals surface area contributed by atoms with E-state index in [4.69, 9.17) is 5.73 Å². The van der Waals surface area contributed by atoms with Crippen molar-refractivity contribution >= 4 is 29.1 Å². The average molecular weight is 441 g/mol. The van der Waals surface area contributed by atoms with Gasteiger partial charge in [-0.1, -0.05) is 6.07 Å². The molecule has 1 fully saturated rings. The van der Waals surface area contributed by atoms with Crippen LogP contribution < -0.4 is 16.0 Å². The van der Waals surface area contributed by atoms with Crippen molar-refractivity contribution in [3.8, 4) is 0 Å². The lowest BCUT2D eigenvalue weighted by Crippen LogP contribution is -2.39. The lowest BCUT2D eigenvalue weighted by atomic mass is 10.1. The van der Waals surface area contributed by atoms with Crippen LogP contribution in [0.4, 0.5) is 23.8 Å². The highest BCUT2D eigenvalue weighted by atomic mass is 32.1. The second kappa shape index (κ2) is 9.33. The van der Waals surface area contributed by atoms with E-state index in [1.807, 2.05) is 22.4 Å². The predicted molar refractivity (Wildman–Crippen MR) is 107 cm³/mol. The SMILES string of the molecule is NC(=O)NC(CC(=O)N1CCCN(c2ccc(C(F)(F)F)cn2)CC1)c1cccs1.